The van der Waals surface area contributed by atoms with Gasteiger partial charge in [0.2, 0.25) is 0 Å². The van der Waals surface area contributed by atoms with E-state index in [1.807, 2.05) is 19.1 Å². The van der Waals surface area contributed by atoms with Crippen molar-refractivity contribution in [1.29, 1.82) is 0 Å². The summed E-state index contributed by atoms with van der Waals surface area (Å²) in [7, 11) is 1.40. The number of allylic oxidation sites excluding steroid dienone is 2. The molecule has 1 aromatic heterocycles. The van der Waals surface area contributed by atoms with Crippen LogP contribution in [0.25, 0.3) is 5.57 Å². The highest BCUT2D eigenvalue weighted by Gasteiger charge is 2.09. The molecule has 0 atom stereocenters. The highest BCUT2D eigenvalue weighted by atomic mass is 32.1. The van der Waals surface area contributed by atoms with Gasteiger partial charge in [-0.15, -0.1) is 11.3 Å². The summed E-state index contributed by atoms with van der Waals surface area (Å²) >= 11 is 1.48. The molecule has 14 heavy (non-hydrogen) atoms. The topological polar surface area (TPSA) is 26.3 Å². The molecule has 0 amide bonds. The van der Waals surface area contributed by atoms with Crippen molar-refractivity contribution in [2.45, 2.75) is 20.3 Å². The van der Waals surface area contributed by atoms with Crippen LogP contribution in [-0.2, 0) is 4.74 Å². The Kier molecular flexibility index (Phi) is 3.89. The zero-order valence-corrected chi connectivity index (χ0v) is 9.48. The molecule has 0 aliphatic carbocycles. The van der Waals surface area contributed by atoms with E-state index in [0.717, 1.165) is 11.3 Å². The van der Waals surface area contributed by atoms with Crippen molar-refractivity contribution in [3.63, 3.8) is 0 Å². The minimum Gasteiger partial charge on any atom is -0.465 e. The number of ether oxygens (including phenoxy) is 1. The normalized spacial score (nSPS) is 11.5. The van der Waals surface area contributed by atoms with Crippen LogP contribution in [0.2, 0.25) is 0 Å². The fraction of sp³-hybridized carbons (Fsp3) is 0.364. The van der Waals surface area contributed by atoms with Gasteiger partial charge in [0.1, 0.15) is 4.88 Å². The van der Waals surface area contributed by atoms with Gasteiger partial charge >= 0.3 is 5.97 Å². The Bertz CT molecular complexity index is 350. The molecule has 0 aliphatic heterocycles. The van der Waals surface area contributed by atoms with E-state index in [0.29, 0.717) is 4.88 Å². The van der Waals surface area contributed by atoms with Crippen LogP contribution in [0.3, 0.4) is 0 Å². The molecule has 1 rings (SSSR count). The lowest BCUT2D eigenvalue weighted by molar-refractivity contribution is 0.0606. The van der Waals surface area contributed by atoms with Crippen LogP contribution in [-0.4, -0.2) is 13.1 Å². The molecule has 1 aromatic rings. The van der Waals surface area contributed by atoms with Gasteiger partial charge in [0.15, 0.2) is 0 Å². The molecule has 3 heteroatoms. The molecule has 0 aromatic carbocycles. The molecule has 0 N–H and O–H groups in total. The van der Waals surface area contributed by atoms with Crippen LogP contribution in [0.15, 0.2) is 18.2 Å². The number of carbonyl (C=O) groups excluding carboxylic acids is 1. The van der Waals surface area contributed by atoms with Crippen LogP contribution in [0.1, 0.15) is 34.8 Å². The number of hydrogen-bond donors (Lipinski definition) is 0. The second kappa shape index (κ2) is 4.96. The molecule has 0 aliphatic rings. The fourth-order valence-electron chi connectivity index (χ4n) is 1.24. The summed E-state index contributed by atoms with van der Waals surface area (Å²) in [4.78, 5) is 13.0. The van der Waals surface area contributed by atoms with E-state index in [-0.39, 0.29) is 5.97 Å². The second-order valence-electron chi connectivity index (χ2n) is 2.82. The summed E-state index contributed by atoms with van der Waals surface area (Å²) < 4.78 is 4.65. The molecule has 0 saturated carbocycles. The quantitative estimate of drug-likeness (QED) is 0.715. The van der Waals surface area contributed by atoms with Gasteiger partial charge in [-0.1, -0.05) is 13.0 Å². The second-order valence-corrected chi connectivity index (χ2v) is 3.91. The van der Waals surface area contributed by atoms with Gasteiger partial charge in [0, 0.05) is 4.88 Å². The van der Waals surface area contributed by atoms with Crippen molar-refractivity contribution in [2.75, 3.05) is 7.11 Å². The average molecular weight is 210 g/mol. The highest BCUT2D eigenvalue weighted by molar-refractivity contribution is 7.15. The Morgan fingerprint density at radius 1 is 1.50 bits per heavy atom. The maximum absolute atomic E-state index is 11.2. The van der Waals surface area contributed by atoms with Crippen molar-refractivity contribution in [3.05, 3.63) is 28.0 Å². The lowest BCUT2D eigenvalue weighted by Gasteiger charge is -1.98. The lowest BCUT2D eigenvalue weighted by atomic mass is 10.1. The van der Waals surface area contributed by atoms with Crippen LogP contribution in [0.5, 0.6) is 0 Å². The van der Waals surface area contributed by atoms with Crippen molar-refractivity contribution in [3.8, 4) is 0 Å². The first-order chi connectivity index (χ1) is 6.72. The van der Waals surface area contributed by atoms with Crippen molar-refractivity contribution in [1.82, 2.24) is 0 Å². The molecule has 0 unspecified atom stereocenters. The average Bonchev–Trinajstić information content (AvgIpc) is 2.68. The van der Waals surface area contributed by atoms with Gasteiger partial charge in [0.25, 0.3) is 0 Å². The SMILES string of the molecule is CC=C(CC)c1ccc(C(=O)OC)s1. The molecule has 0 saturated heterocycles. The monoisotopic (exact) mass is 210 g/mol. The number of esters is 1. The molecule has 0 bridgehead atoms. The summed E-state index contributed by atoms with van der Waals surface area (Å²) in [6.07, 6.45) is 3.06. The highest BCUT2D eigenvalue weighted by Crippen LogP contribution is 2.26. The molecule has 1 heterocycles. The van der Waals surface area contributed by atoms with Crippen molar-refractivity contribution in [2.24, 2.45) is 0 Å². The van der Waals surface area contributed by atoms with E-state index in [9.17, 15) is 4.79 Å². The number of methoxy groups -OCH3 is 1. The molecule has 0 radical (unpaired) electrons. The van der Waals surface area contributed by atoms with E-state index in [1.54, 1.807) is 0 Å². The third-order valence-corrected chi connectivity index (χ3v) is 3.18. The molecule has 2 nitrogen and oxygen atoms in total. The first-order valence-corrected chi connectivity index (χ1v) is 5.38. The summed E-state index contributed by atoms with van der Waals surface area (Å²) in [5, 5.41) is 0. The summed E-state index contributed by atoms with van der Waals surface area (Å²) in [6, 6.07) is 3.78. The summed E-state index contributed by atoms with van der Waals surface area (Å²) in [5.41, 5.74) is 1.27. The zero-order chi connectivity index (χ0) is 10.6. The number of thiophene rings is 1. The predicted octanol–water partition coefficient (Wildman–Crippen LogP) is 3.35. The maximum atomic E-state index is 11.2. The maximum Gasteiger partial charge on any atom is 0.348 e. The molecular formula is C11H14O2S. The molecule has 0 fully saturated rings. The number of hydrogen-bond acceptors (Lipinski definition) is 3. The molecular weight excluding hydrogens is 196 g/mol. The Hall–Kier alpha value is -1.09. The van der Waals surface area contributed by atoms with E-state index in [1.165, 1.54) is 24.0 Å². The number of carbonyl (C=O) groups is 1. The van der Waals surface area contributed by atoms with Gasteiger partial charge in [-0.2, -0.15) is 0 Å². The van der Waals surface area contributed by atoms with E-state index in [4.69, 9.17) is 0 Å². The van der Waals surface area contributed by atoms with Crippen molar-refractivity contribution < 1.29 is 9.53 Å². The minimum absolute atomic E-state index is 0.257. The van der Waals surface area contributed by atoms with E-state index >= 15 is 0 Å². The summed E-state index contributed by atoms with van der Waals surface area (Å²) in [6.45, 7) is 4.11. The largest absolute Gasteiger partial charge is 0.465 e. The fourth-order valence-corrected chi connectivity index (χ4v) is 2.31. The Balaban J connectivity index is 2.93. The number of rotatable bonds is 3. The smallest absolute Gasteiger partial charge is 0.348 e. The van der Waals surface area contributed by atoms with E-state index < -0.39 is 0 Å². The molecule has 0 spiro atoms. The van der Waals surface area contributed by atoms with E-state index in [2.05, 4.69) is 17.7 Å². The van der Waals surface area contributed by atoms with Crippen LogP contribution in [0.4, 0.5) is 0 Å². The van der Waals surface area contributed by atoms with Gasteiger partial charge in [0.05, 0.1) is 7.11 Å². The van der Waals surface area contributed by atoms with Gasteiger partial charge in [-0.25, -0.2) is 4.79 Å². The Morgan fingerprint density at radius 3 is 2.64 bits per heavy atom. The predicted molar refractivity (Wildman–Crippen MR) is 59.6 cm³/mol. The lowest BCUT2D eigenvalue weighted by Crippen LogP contribution is -1.96. The third-order valence-electron chi connectivity index (χ3n) is 2.04. The first-order valence-electron chi connectivity index (χ1n) is 4.56. The third kappa shape index (κ3) is 2.23. The zero-order valence-electron chi connectivity index (χ0n) is 8.66. The summed E-state index contributed by atoms with van der Waals surface area (Å²) in [5.74, 6) is -0.257. The van der Waals surface area contributed by atoms with Gasteiger partial charge in [-0.3, -0.25) is 0 Å². The minimum atomic E-state index is -0.257. The van der Waals surface area contributed by atoms with Crippen LogP contribution in [0, 0.1) is 0 Å². The standard InChI is InChI=1S/C11H14O2S/c1-4-8(5-2)9-6-7-10(14-9)11(12)13-3/h4,6-7H,5H2,1-3H3. The van der Waals surface area contributed by atoms with Gasteiger partial charge in [-0.05, 0) is 31.1 Å². The van der Waals surface area contributed by atoms with Crippen LogP contribution >= 0.6 is 11.3 Å². The Morgan fingerprint density at radius 2 is 2.14 bits per heavy atom. The van der Waals surface area contributed by atoms with Crippen LogP contribution < -0.4 is 0 Å². The molecule has 76 valence electrons. The Labute approximate surface area is 88.2 Å². The van der Waals surface area contributed by atoms with Gasteiger partial charge < -0.3 is 4.74 Å². The first kappa shape index (κ1) is 11.0. The van der Waals surface area contributed by atoms with Crippen molar-refractivity contribution >= 4 is 22.9 Å².